The maximum Gasteiger partial charge on any atom is 0.183 e. The van der Waals surface area contributed by atoms with Crippen LogP contribution >= 0.6 is 0 Å². The van der Waals surface area contributed by atoms with Gasteiger partial charge in [0.25, 0.3) is 0 Å². The third kappa shape index (κ3) is 5.46. The van der Waals surface area contributed by atoms with Gasteiger partial charge in [-0.25, -0.2) is 0 Å². The lowest BCUT2D eigenvalue weighted by atomic mass is 9.65. The Morgan fingerprint density at radius 3 is 1.70 bits per heavy atom. The number of allylic oxidation sites excluding steroid dienone is 3. The van der Waals surface area contributed by atoms with E-state index in [1.807, 2.05) is 0 Å². The summed E-state index contributed by atoms with van der Waals surface area (Å²) in [6, 6.07) is 0. The van der Waals surface area contributed by atoms with Crippen LogP contribution in [-0.2, 0) is 9.59 Å². The van der Waals surface area contributed by atoms with Gasteiger partial charge >= 0.3 is 0 Å². The van der Waals surface area contributed by atoms with Gasteiger partial charge in [0.15, 0.2) is 11.6 Å². The van der Waals surface area contributed by atoms with E-state index in [9.17, 15) is 19.8 Å². The number of hydrogen-bond donors (Lipinski definition) is 2. The number of aliphatic hydroxyl groups is 2. The highest BCUT2D eigenvalue weighted by atomic mass is 16.3. The lowest BCUT2D eigenvalue weighted by Crippen LogP contribution is -2.41. The molecule has 0 radical (unpaired) electrons. The number of ketones is 2. The second kappa shape index (κ2) is 9.57. The van der Waals surface area contributed by atoms with E-state index in [2.05, 4.69) is 41.5 Å². The van der Waals surface area contributed by atoms with Crippen molar-refractivity contribution in [2.24, 2.45) is 23.2 Å². The minimum Gasteiger partial charge on any atom is -0.511 e. The van der Waals surface area contributed by atoms with E-state index in [4.69, 9.17) is 0 Å². The molecule has 0 saturated heterocycles. The average molecular weight is 379 g/mol. The molecule has 4 heteroatoms. The fourth-order valence-electron chi connectivity index (χ4n) is 3.66. The smallest absolute Gasteiger partial charge is 0.183 e. The predicted octanol–water partition coefficient (Wildman–Crippen LogP) is 6.08. The minimum atomic E-state index is -1.09. The molecule has 154 valence electrons. The summed E-state index contributed by atoms with van der Waals surface area (Å²) in [5, 5.41) is 21.9. The molecule has 0 aromatic rings. The number of hydrogen-bond acceptors (Lipinski definition) is 4. The molecule has 0 aliphatic heterocycles. The van der Waals surface area contributed by atoms with E-state index in [0.717, 1.165) is 19.3 Å². The molecule has 0 heterocycles. The fourth-order valence-corrected chi connectivity index (χ4v) is 3.66. The zero-order valence-corrected chi connectivity index (χ0v) is 18.2. The van der Waals surface area contributed by atoms with Crippen LogP contribution in [0.1, 0.15) is 87.0 Å². The number of carbonyl (C=O) groups is 2. The number of carbonyl (C=O) groups excluding carboxylic acids is 2. The molecule has 0 atom stereocenters. The zero-order valence-electron chi connectivity index (χ0n) is 18.2. The van der Waals surface area contributed by atoms with E-state index in [1.165, 1.54) is 6.92 Å². The summed E-state index contributed by atoms with van der Waals surface area (Å²) in [5.74, 6) is -0.00324. The normalized spacial score (nSPS) is 17.6. The molecule has 2 N–H and O–H groups in total. The van der Waals surface area contributed by atoms with E-state index in [0.29, 0.717) is 42.6 Å². The third-order valence-electron chi connectivity index (χ3n) is 5.54. The van der Waals surface area contributed by atoms with Gasteiger partial charge in [-0.15, -0.1) is 0 Å². The zero-order chi connectivity index (χ0) is 20.9. The first-order valence-electron chi connectivity index (χ1n) is 10.4. The molecular weight excluding hydrogens is 340 g/mol. The van der Waals surface area contributed by atoms with Crippen molar-refractivity contribution in [1.82, 2.24) is 0 Å². The van der Waals surface area contributed by atoms with Crippen LogP contribution in [0, 0.1) is 23.2 Å². The quantitative estimate of drug-likeness (QED) is 0.452. The van der Waals surface area contributed by atoms with Crippen LogP contribution in [0.2, 0.25) is 0 Å². The van der Waals surface area contributed by atoms with Crippen molar-refractivity contribution >= 4 is 11.6 Å². The average Bonchev–Trinajstić information content (AvgIpc) is 2.53. The van der Waals surface area contributed by atoms with Crippen molar-refractivity contribution in [3.63, 3.8) is 0 Å². The Kier molecular flexibility index (Phi) is 8.31. The summed E-state index contributed by atoms with van der Waals surface area (Å²) in [7, 11) is 0. The van der Waals surface area contributed by atoms with Gasteiger partial charge < -0.3 is 10.2 Å². The first-order chi connectivity index (χ1) is 12.4. The molecule has 0 fully saturated rings. The number of Topliss-reactive ketones (excluding diaryl/α,β-unsaturated/α-hetero) is 2. The fraction of sp³-hybridized carbons (Fsp3) is 0.739. The SMILES string of the molecule is CC(=O)C1=C(O)C(CCC(C)C)=C(O)C(CCC(C)C)(CCC(C)C)C1=O. The van der Waals surface area contributed by atoms with Crippen LogP contribution in [0.15, 0.2) is 22.7 Å². The van der Waals surface area contributed by atoms with Crippen LogP contribution in [0.5, 0.6) is 0 Å². The largest absolute Gasteiger partial charge is 0.511 e. The molecule has 0 saturated carbocycles. The predicted molar refractivity (Wildman–Crippen MR) is 110 cm³/mol. The summed E-state index contributed by atoms with van der Waals surface area (Å²) in [4.78, 5) is 25.6. The summed E-state index contributed by atoms with van der Waals surface area (Å²) in [6.07, 6.45) is 3.78. The van der Waals surface area contributed by atoms with Crippen LogP contribution in [0.4, 0.5) is 0 Å². The van der Waals surface area contributed by atoms with Gasteiger partial charge in [-0.05, 0) is 63.2 Å². The Labute approximate surface area is 164 Å². The van der Waals surface area contributed by atoms with Crippen molar-refractivity contribution in [2.75, 3.05) is 0 Å². The molecule has 4 nitrogen and oxygen atoms in total. The van der Waals surface area contributed by atoms with Crippen LogP contribution in [-0.4, -0.2) is 21.8 Å². The third-order valence-corrected chi connectivity index (χ3v) is 5.54. The van der Waals surface area contributed by atoms with Crippen LogP contribution in [0.3, 0.4) is 0 Å². The van der Waals surface area contributed by atoms with E-state index in [-0.39, 0.29) is 17.1 Å². The van der Waals surface area contributed by atoms with Gasteiger partial charge in [0, 0.05) is 5.57 Å². The van der Waals surface area contributed by atoms with Gasteiger partial charge in [0.05, 0.1) is 5.41 Å². The summed E-state index contributed by atoms with van der Waals surface area (Å²) in [5.41, 5.74) is -0.825. The molecule has 1 rings (SSSR count). The first-order valence-corrected chi connectivity index (χ1v) is 10.4. The Hall–Kier alpha value is -1.58. The highest BCUT2D eigenvalue weighted by Gasteiger charge is 2.50. The Balaban J connectivity index is 3.54. The maximum atomic E-state index is 13.4. The van der Waals surface area contributed by atoms with Gasteiger partial charge in [0.2, 0.25) is 0 Å². The van der Waals surface area contributed by atoms with Crippen molar-refractivity contribution in [3.05, 3.63) is 22.7 Å². The molecule has 0 spiro atoms. The Morgan fingerprint density at radius 2 is 1.33 bits per heavy atom. The van der Waals surface area contributed by atoms with Crippen LogP contribution < -0.4 is 0 Å². The standard InChI is InChI=1S/C23H38O4/c1-14(2)8-9-18-20(25)19(17(7)24)22(27)23(21(18)26,12-10-15(3)4)13-11-16(5)6/h14-16,25-26H,8-13H2,1-7H3. The Bertz CT molecular complexity index is 608. The molecule has 1 aliphatic rings. The topological polar surface area (TPSA) is 74.6 Å². The van der Waals surface area contributed by atoms with Gasteiger partial charge in [-0.1, -0.05) is 41.5 Å². The van der Waals surface area contributed by atoms with Crippen molar-refractivity contribution in [3.8, 4) is 0 Å². The molecule has 0 bridgehead atoms. The summed E-state index contributed by atoms with van der Waals surface area (Å²) < 4.78 is 0. The van der Waals surface area contributed by atoms with Crippen molar-refractivity contribution in [2.45, 2.75) is 87.0 Å². The lowest BCUT2D eigenvalue weighted by molar-refractivity contribution is -0.129. The van der Waals surface area contributed by atoms with Crippen LogP contribution in [0.25, 0.3) is 0 Å². The highest BCUT2D eigenvalue weighted by Crippen LogP contribution is 2.48. The summed E-state index contributed by atoms with van der Waals surface area (Å²) >= 11 is 0. The van der Waals surface area contributed by atoms with Gasteiger partial charge in [-0.3, -0.25) is 9.59 Å². The van der Waals surface area contributed by atoms with Crippen molar-refractivity contribution < 1.29 is 19.8 Å². The van der Waals surface area contributed by atoms with E-state index in [1.54, 1.807) is 0 Å². The second-order valence-corrected chi connectivity index (χ2v) is 9.32. The number of rotatable bonds is 10. The molecular formula is C23H38O4. The number of aliphatic hydroxyl groups excluding tert-OH is 2. The molecule has 0 amide bonds. The molecule has 0 aromatic carbocycles. The maximum absolute atomic E-state index is 13.4. The second-order valence-electron chi connectivity index (χ2n) is 9.32. The molecule has 1 aliphatic carbocycles. The van der Waals surface area contributed by atoms with E-state index < -0.39 is 17.0 Å². The monoisotopic (exact) mass is 378 g/mol. The van der Waals surface area contributed by atoms with Gasteiger partial charge in [-0.2, -0.15) is 0 Å². The lowest BCUT2D eigenvalue weighted by Gasteiger charge is -2.38. The van der Waals surface area contributed by atoms with Gasteiger partial charge in [0.1, 0.15) is 17.1 Å². The molecule has 27 heavy (non-hydrogen) atoms. The minimum absolute atomic E-state index is 0.00282. The van der Waals surface area contributed by atoms with E-state index >= 15 is 0 Å². The Morgan fingerprint density at radius 1 is 0.889 bits per heavy atom. The summed E-state index contributed by atoms with van der Waals surface area (Å²) in [6.45, 7) is 13.8. The van der Waals surface area contributed by atoms with Crippen molar-refractivity contribution in [1.29, 1.82) is 0 Å². The molecule has 0 aromatic heterocycles. The molecule has 0 unspecified atom stereocenters. The first kappa shape index (κ1) is 23.5. The highest BCUT2D eigenvalue weighted by molar-refractivity contribution is 6.23.